The van der Waals surface area contributed by atoms with Crippen molar-refractivity contribution in [2.75, 3.05) is 0 Å². The quantitative estimate of drug-likeness (QED) is 0.830. The van der Waals surface area contributed by atoms with E-state index in [9.17, 15) is 0 Å². The molecule has 0 aliphatic rings. The van der Waals surface area contributed by atoms with Crippen molar-refractivity contribution in [3.63, 3.8) is 0 Å². The van der Waals surface area contributed by atoms with E-state index in [2.05, 4.69) is 12.1 Å². The Balaban J connectivity index is 2.41. The molecule has 0 saturated carbocycles. The Labute approximate surface area is 112 Å². The van der Waals surface area contributed by atoms with Crippen LogP contribution in [0.25, 0.3) is 0 Å². The molecule has 19 heavy (non-hydrogen) atoms. The van der Waals surface area contributed by atoms with E-state index in [0.29, 0.717) is 11.5 Å². The van der Waals surface area contributed by atoms with E-state index in [-0.39, 0.29) is 12.8 Å². The van der Waals surface area contributed by atoms with E-state index in [4.69, 9.17) is 15.3 Å². The largest absolute Gasteiger partial charge is 0.457 e. The van der Waals surface area contributed by atoms with Crippen LogP contribution in [-0.2, 0) is 12.8 Å². The summed E-state index contributed by atoms with van der Waals surface area (Å²) in [7, 11) is 0. The van der Waals surface area contributed by atoms with Crippen LogP contribution in [-0.4, -0.2) is 0 Å². The van der Waals surface area contributed by atoms with E-state index < -0.39 is 0 Å². The molecule has 3 nitrogen and oxygen atoms in total. The summed E-state index contributed by atoms with van der Waals surface area (Å²) in [5.74, 6) is 1.32. The Morgan fingerprint density at radius 2 is 1.37 bits per heavy atom. The van der Waals surface area contributed by atoms with Gasteiger partial charge < -0.3 is 4.74 Å². The number of hydrogen-bond acceptors (Lipinski definition) is 3. The van der Waals surface area contributed by atoms with Crippen LogP contribution in [0.1, 0.15) is 11.1 Å². The average Bonchev–Trinajstić information content (AvgIpc) is 2.44. The van der Waals surface area contributed by atoms with Crippen LogP contribution < -0.4 is 4.74 Å². The summed E-state index contributed by atoms with van der Waals surface area (Å²) in [4.78, 5) is 0. The second kappa shape index (κ2) is 6.23. The lowest BCUT2D eigenvalue weighted by Crippen LogP contribution is -1.96. The Hall–Kier alpha value is -2.78. The van der Waals surface area contributed by atoms with Gasteiger partial charge in [0.1, 0.15) is 11.5 Å². The maximum atomic E-state index is 8.86. The minimum Gasteiger partial charge on any atom is -0.457 e. The summed E-state index contributed by atoms with van der Waals surface area (Å²) in [5.41, 5.74) is 1.61. The smallest absolute Gasteiger partial charge is 0.135 e. The standard InChI is InChI=1S/C16H12N2O/c17-11-9-13-5-4-6-14(10-12-18)16(13)19-15-7-2-1-3-8-15/h1-8H,9-10H2. The van der Waals surface area contributed by atoms with E-state index >= 15 is 0 Å². The molecule has 0 bridgehead atoms. The molecule has 0 N–H and O–H groups in total. The zero-order valence-corrected chi connectivity index (χ0v) is 10.3. The first-order valence-electron chi connectivity index (χ1n) is 5.92. The predicted molar refractivity (Wildman–Crippen MR) is 71.6 cm³/mol. The molecule has 0 spiro atoms. The normalized spacial score (nSPS) is 9.37. The molecular formula is C16H12N2O. The van der Waals surface area contributed by atoms with Crippen molar-refractivity contribution in [2.45, 2.75) is 12.8 Å². The number of nitriles is 2. The summed E-state index contributed by atoms with van der Waals surface area (Å²) in [6.45, 7) is 0. The monoisotopic (exact) mass is 248 g/mol. The van der Waals surface area contributed by atoms with Crippen molar-refractivity contribution in [3.05, 3.63) is 59.7 Å². The van der Waals surface area contributed by atoms with Gasteiger partial charge in [-0.1, -0.05) is 36.4 Å². The van der Waals surface area contributed by atoms with Crippen molar-refractivity contribution in [1.29, 1.82) is 10.5 Å². The highest BCUT2D eigenvalue weighted by Gasteiger charge is 2.10. The van der Waals surface area contributed by atoms with Crippen molar-refractivity contribution >= 4 is 0 Å². The number of hydrogen-bond donors (Lipinski definition) is 0. The van der Waals surface area contributed by atoms with Crippen LogP contribution in [0.3, 0.4) is 0 Å². The third-order valence-corrected chi connectivity index (χ3v) is 2.68. The maximum Gasteiger partial charge on any atom is 0.135 e. The molecule has 2 rings (SSSR count). The third kappa shape index (κ3) is 3.12. The molecule has 3 heteroatoms. The van der Waals surface area contributed by atoms with E-state index in [1.807, 2.05) is 48.5 Å². The molecule has 0 aliphatic carbocycles. The van der Waals surface area contributed by atoms with Gasteiger partial charge in [-0.3, -0.25) is 0 Å². The summed E-state index contributed by atoms with van der Waals surface area (Å²) >= 11 is 0. The highest BCUT2D eigenvalue weighted by molar-refractivity contribution is 5.46. The molecule has 0 atom stereocenters. The highest BCUT2D eigenvalue weighted by atomic mass is 16.5. The number of ether oxygens (including phenoxy) is 1. The van der Waals surface area contributed by atoms with Gasteiger partial charge in [-0.15, -0.1) is 0 Å². The number of nitrogens with zero attached hydrogens (tertiary/aromatic N) is 2. The second-order valence-corrected chi connectivity index (χ2v) is 3.99. The van der Waals surface area contributed by atoms with Gasteiger partial charge in [0, 0.05) is 11.1 Å². The minimum atomic E-state index is 0.265. The van der Waals surface area contributed by atoms with Crippen LogP contribution in [0.4, 0.5) is 0 Å². The zero-order valence-electron chi connectivity index (χ0n) is 10.3. The van der Waals surface area contributed by atoms with Gasteiger partial charge in [-0.2, -0.15) is 10.5 Å². The molecule has 2 aromatic rings. The maximum absolute atomic E-state index is 8.86. The number of rotatable bonds is 4. The van der Waals surface area contributed by atoms with Gasteiger partial charge >= 0.3 is 0 Å². The molecule has 0 saturated heterocycles. The van der Waals surface area contributed by atoms with Gasteiger partial charge in [0.05, 0.1) is 25.0 Å². The third-order valence-electron chi connectivity index (χ3n) is 2.68. The molecule has 0 radical (unpaired) electrons. The van der Waals surface area contributed by atoms with Crippen molar-refractivity contribution in [1.82, 2.24) is 0 Å². The number of para-hydroxylation sites is 2. The van der Waals surface area contributed by atoms with E-state index in [1.54, 1.807) is 0 Å². The SMILES string of the molecule is N#CCc1cccc(CC#N)c1Oc1ccccc1. The molecule has 0 aliphatic heterocycles. The summed E-state index contributed by atoms with van der Waals surface area (Å²) in [5, 5.41) is 17.7. The fraction of sp³-hybridized carbons (Fsp3) is 0.125. The van der Waals surface area contributed by atoms with Crippen LogP contribution in [0.5, 0.6) is 11.5 Å². The minimum absolute atomic E-state index is 0.265. The Morgan fingerprint density at radius 1 is 0.789 bits per heavy atom. The Bertz CT molecular complexity index is 602. The fourth-order valence-corrected chi connectivity index (χ4v) is 1.82. The zero-order chi connectivity index (χ0) is 13.5. The van der Waals surface area contributed by atoms with Gasteiger partial charge in [0.25, 0.3) is 0 Å². The first kappa shape index (κ1) is 12.7. The van der Waals surface area contributed by atoms with E-state index in [1.165, 1.54) is 0 Å². The average molecular weight is 248 g/mol. The Morgan fingerprint density at radius 3 is 1.89 bits per heavy atom. The molecule has 0 fully saturated rings. The van der Waals surface area contributed by atoms with E-state index in [0.717, 1.165) is 11.1 Å². The molecule has 92 valence electrons. The Kier molecular flexibility index (Phi) is 4.16. The van der Waals surface area contributed by atoms with Crippen LogP contribution in [0.15, 0.2) is 48.5 Å². The molecule has 0 amide bonds. The molecule has 0 aromatic heterocycles. The van der Waals surface area contributed by atoms with Crippen LogP contribution in [0, 0.1) is 22.7 Å². The lowest BCUT2D eigenvalue weighted by atomic mass is 10.0. The molecule has 0 heterocycles. The van der Waals surface area contributed by atoms with Crippen LogP contribution in [0.2, 0.25) is 0 Å². The van der Waals surface area contributed by atoms with Gasteiger partial charge in [-0.25, -0.2) is 0 Å². The highest BCUT2D eigenvalue weighted by Crippen LogP contribution is 2.30. The van der Waals surface area contributed by atoms with Gasteiger partial charge in [-0.05, 0) is 12.1 Å². The molecule has 2 aromatic carbocycles. The lowest BCUT2D eigenvalue weighted by Gasteiger charge is -2.13. The van der Waals surface area contributed by atoms with Crippen molar-refractivity contribution < 1.29 is 4.74 Å². The molecule has 0 unspecified atom stereocenters. The summed E-state index contributed by atoms with van der Waals surface area (Å²) < 4.78 is 5.84. The second-order valence-electron chi connectivity index (χ2n) is 3.99. The lowest BCUT2D eigenvalue weighted by molar-refractivity contribution is 0.473. The summed E-state index contributed by atoms with van der Waals surface area (Å²) in [6.07, 6.45) is 0.531. The van der Waals surface area contributed by atoms with Gasteiger partial charge in [0.2, 0.25) is 0 Å². The first-order chi connectivity index (χ1) is 9.35. The van der Waals surface area contributed by atoms with Crippen molar-refractivity contribution in [2.24, 2.45) is 0 Å². The summed E-state index contributed by atoms with van der Waals surface area (Å²) in [6, 6.07) is 19.1. The predicted octanol–water partition coefficient (Wildman–Crippen LogP) is 3.61. The fourth-order valence-electron chi connectivity index (χ4n) is 1.82. The topological polar surface area (TPSA) is 56.8 Å². The first-order valence-corrected chi connectivity index (χ1v) is 5.92. The number of benzene rings is 2. The van der Waals surface area contributed by atoms with Crippen molar-refractivity contribution in [3.8, 4) is 23.6 Å². The molecular weight excluding hydrogens is 236 g/mol. The van der Waals surface area contributed by atoms with Gasteiger partial charge in [0.15, 0.2) is 0 Å². The van der Waals surface area contributed by atoms with Crippen LogP contribution >= 0.6 is 0 Å².